The molecule has 0 radical (unpaired) electrons. The van der Waals surface area contributed by atoms with Gasteiger partial charge in [0.25, 0.3) is 0 Å². The molecular formula is C21H22FN3O. The second kappa shape index (κ2) is 7.20. The van der Waals surface area contributed by atoms with Crippen molar-refractivity contribution in [2.75, 3.05) is 18.0 Å². The number of aromatic amines is 1. The Balaban J connectivity index is 1.39. The lowest BCUT2D eigenvalue weighted by Gasteiger charge is -2.34. The summed E-state index contributed by atoms with van der Waals surface area (Å²) in [5.41, 5.74) is 2.93. The summed E-state index contributed by atoms with van der Waals surface area (Å²) >= 11 is 0. The molecule has 1 atom stereocenters. The molecule has 1 saturated heterocycles. The lowest BCUT2D eigenvalue weighted by Crippen LogP contribution is -2.48. The molecule has 2 N–H and O–H groups in total. The molecule has 1 amide bonds. The highest BCUT2D eigenvalue weighted by Gasteiger charge is 2.22. The maximum Gasteiger partial charge on any atom is 0.224 e. The average molecular weight is 351 g/mol. The van der Waals surface area contributed by atoms with Gasteiger partial charge in [0.1, 0.15) is 5.82 Å². The minimum absolute atomic E-state index is 0.0286. The van der Waals surface area contributed by atoms with E-state index < -0.39 is 0 Å². The Kier molecular flexibility index (Phi) is 4.61. The van der Waals surface area contributed by atoms with E-state index in [0.29, 0.717) is 13.0 Å². The molecule has 1 aromatic heterocycles. The van der Waals surface area contributed by atoms with Gasteiger partial charge in [-0.25, -0.2) is 4.39 Å². The Morgan fingerprint density at radius 2 is 2.12 bits per heavy atom. The van der Waals surface area contributed by atoms with Crippen molar-refractivity contribution in [1.82, 2.24) is 10.3 Å². The van der Waals surface area contributed by atoms with Crippen molar-refractivity contribution >= 4 is 22.5 Å². The Hall–Kier alpha value is -2.82. The summed E-state index contributed by atoms with van der Waals surface area (Å²) in [6.07, 6.45) is 4.20. The maximum absolute atomic E-state index is 13.5. The fourth-order valence-electron chi connectivity index (χ4n) is 3.73. The molecule has 26 heavy (non-hydrogen) atoms. The number of para-hydroxylation sites is 1. The normalized spacial score (nSPS) is 17.4. The van der Waals surface area contributed by atoms with Gasteiger partial charge in [0.2, 0.25) is 5.91 Å². The number of hydrogen-bond donors (Lipinski definition) is 2. The van der Waals surface area contributed by atoms with Crippen molar-refractivity contribution in [2.24, 2.45) is 0 Å². The van der Waals surface area contributed by atoms with Gasteiger partial charge in [0, 0.05) is 41.9 Å². The molecule has 134 valence electrons. The van der Waals surface area contributed by atoms with Crippen molar-refractivity contribution in [3.05, 3.63) is 66.1 Å². The van der Waals surface area contributed by atoms with Gasteiger partial charge < -0.3 is 15.2 Å². The molecule has 0 aliphatic carbocycles. The molecule has 1 aliphatic rings. The lowest BCUT2D eigenvalue weighted by molar-refractivity contribution is -0.121. The van der Waals surface area contributed by atoms with Crippen LogP contribution in [0.25, 0.3) is 10.9 Å². The number of amides is 1. The fourth-order valence-corrected chi connectivity index (χ4v) is 3.73. The van der Waals surface area contributed by atoms with Crippen LogP contribution >= 0.6 is 0 Å². The van der Waals surface area contributed by atoms with Crippen LogP contribution < -0.4 is 10.2 Å². The van der Waals surface area contributed by atoms with Crippen LogP contribution in [-0.4, -0.2) is 30.0 Å². The summed E-state index contributed by atoms with van der Waals surface area (Å²) in [6, 6.07) is 14.7. The molecule has 2 aromatic carbocycles. The molecule has 3 aromatic rings. The first kappa shape index (κ1) is 16.6. The van der Waals surface area contributed by atoms with Crippen LogP contribution in [0, 0.1) is 5.82 Å². The van der Waals surface area contributed by atoms with Gasteiger partial charge in [-0.1, -0.05) is 24.3 Å². The van der Waals surface area contributed by atoms with Crippen LogP contribution in [0.15, 0.2) is 54.7 Å². The summed E-state index contributed by atoms with van der Waals surface area (Å²) in [5, 5.41) is 4.24. The SMILES string of the molecule is O=C(Cc1c[nH]c2ccccc12)NC1CCCN(c2cccc(F)c2)C1. The van der Waals surface area contributed by atoms with Crippen LogP contribution in [0.1, 0.15) is 18.4 Å². The molecule has 1 aliphatic heterocycles. The molecular weight excluding hydrogens is 329 g/mol. The fraction of sp³-hybridized carbons (Fsp3) is 0.286. The van der Waals surface area contributed by atoms with E-state index in [1.807, 2.05) is 36.5 Å². The van der Waals surface area contributed by atoms with Gasteiger partial charge in [-0.15, -0.1) is 0 Å². The van der Waals surface area contributed by atoms with Crippen LogP contribution in [0.3, 0.4) is 0 Å². The van der Waals surface area contributed by atoms with E-state index in [1.54, 1.807) is 12.1 Å². The second-order valence-corrected chi connectivity index (χ2v) is 6.87. The number of anilines is 1. The number of carbonyl (C=O) groups excluding carboxylic acids is 1. The van der Waals surface area contributed by atoms with Gasteiger partial charge in [0.15, 0.2) is 0 Å². The van der Waals surface area contributed by atoms with E-state index in [4.69, 9.17) is 0 Å². The predicted octanol–water partition coefficient (Wildman–Crippen LogP) is 3.63. The van der Waals surface area contributed by atoms with Gasteiger partial charge >= 0.3 is 0 Å². The highest BCUT2D eigenvalue weighted by molar-refractivity contribution is 5.88. The van der Waals surface area contributed by atoms with E-state index in [-0.39, 0.29) is 17.8 Å². The minimum Gasteiger partial charge on any atom is -0.369 e. The summed E-state index contributed by atoms with van der Waals surface area (Å²) < 4.78 is 13.5. The van der Waals surface area contributed by atoms with Crippen LogP contribution in [-0.2, 0) is 11.2 Å². The number of rotatable bonds is 4. The Morgan fingerprint density at radius 3 is 3.00 bits per heavy atom. The molecule has 0 bridgehead atoms. The molecule has 4 nitrogen and oxygen atoms in total. The van der Waals surface area contributed by atoms with E-state index >= 15 is 0 Å². The number of fused-ring (bicyclic) bond motifs is 1. The molecule has 2 heterocycles. The zero-order valence-corrected chi connectivity index (χ0v) is 14.5. The van der Waals surface area contributed by atoms with Gasteiger partial charge in [-0.3, -0.25) is 4.79 Å². The standard InChI is InChI=1S/C21H22FN3O/c22-16-5-3-7-18(12-16)25-10-4-6-17(14-25)24-21(26)11-15-13-23-20-9-2-1-8-19(15)20/h1-3,5,7-9,12-13,17,23H,4,6,10-11,14H2,(H,24,26). The Labute approximate surface area is 152 Å². The van der Waals surface area contributed by atoms with Crippen LogP contribution in [0.2, 0.25) is 0 Å². The molecule has 1 fully saturated rings. The predicted molar refractivity (Wildman–Crippen MR) is 102 cm³/mol. The minimum atomic E-state index is -0.229. The first-order chi connectivity index (χ1) is 12.7. The number of hydrogen-bond acceptors (Lipinski definition) is 2. The van der Waals surface area contributed by atoms with Crippen molar-refractivity contribution in [1.29, 1.82) is 0 Å². The van der Waals surface area contributed by atoms with Crippen LogP contribution in [0.5, 0.6) is 0 Å². The van der Waals surface area contributed by atoms with E-state index in [0.717, 1.165) is 41.5 Å². The van der Waals surface area contributed by atoms with Gasteiger partial charge in [-0.2, -0.15) is 0 Å². The number of nitrogens with zero attached hydrogens (tertiary/aromatic N) is 1. The number of piperidine rings is 1. The number of carbonyl (C=O) groups is 1. The van der Waals surface area contributed by atoms with E-state index in [1.165, 1.54) is 6.07 Å². The third-order valence-corrected chi connectivity index (χ3v) is 4.99. The third kappa shape index (κ3) is 3.57. The third-order valence-electron chi connectivity index (χ3n) is 4.99. The summed E-state index contributed by atoms with van der Waals surface area (Å²) in [6.45, 7) is 1.60. The molecule has 5 heteroatoms. The summed E-state index contributed by atoms with van der Waals surface area (Å²) in [7, 11) is 0. The molecule has 4 rings (SSSR count). The highest BCUT2D eigenvalue weighted by Crippen LogP contribution is 2.21. The van der Waals surface area contributed by atoms with Gasteiger partial charge in [0.05, 0.1) is 6.42 Å². The van der Waals surface area contributed by atoms with Crippen molar-refractivity contribution in [2.45, 2.75) is 25.3 Å². The number of benzene rings is 2. The van der Waals surface area contributed by atoms with Crippen molar-refractivity contribution < 1.29 is 9.18 Å². The zero-order chi connectivity index (χ0) is 17.9. The topological polar surface area (TPSA) is 48.1 Å². The summed E-state index contributed by atoms with van der Waals surface area (Å²) in [4.78, 5) is 17.9. The Bertz CT molecular complexity index is 920. The highest BCUT2D eigenvalue weighted by atomic mass is 19.1. The van der Waals surface area contributed by atoms with E-state index in [9.17, 15) is 9.18 Å². The van der Waals surface area contributed by atoms with Crippen LogP contribution in [0.4, 0.5) is 10.1 Å². The zero-order valence-electron chi connectivity index (χ0n) is 14.5. The largest absolute Gasteiger partial charge is 0.369 e. The second-order valence-electron chi connectivity index (χ2n) is 6.87. The van der Waals surface area contributed by atoms with Gasteiger partial charge in [-0.05, 0) is 42.7 Å². The molecule has 1 unspecified atom stereocenters. The average Bonchev–Trinajstić information content (AvgIpc) is 3.05. The number of halogens is 1. The monoisotopic (exact) mass is 351 g/mol. The van der Waals surface area contributed by atoms with E-state index in [2.05, 4.69) is 15.2 Å². The lowest BCUT2D eigenvalue weighted by atomic mass is 10.0. The Morgan fingerprint density at radius 1 is 1.23 bits per heavy atom. The smallest absolute Gasteiger partial charge is 0.224 e. The van der Waals surface area contributed by atoms with Crippen molar-refractivity contribution in [3.63, 3.8) is 0 Å². The molecule has 0 spiro atoms. The first-order valence-electron chi connectivity index (χ1n) is 9.04. The first-order valence-corrected chi connectivity index (χ1v) is 9.04. The maximum atomic E-state index is 13.5. The number of aromatic nitrogens is 1. The summed E-state index contributed by atoms with van der Waals surface area (Å²) in [5.74, 6) is -0.200. The number of nitrogens with one attached hydrogen (secondary N) is 2. The van der Waals surface area contributed by atoms with Crippen molar-refractivity contribution in [3.8, 4) is 0 Å². The molecule has 0 saturated carbocycles. The quantitative estimate of drug-likeness (QED) is 0.754. The number of H-pyrrole nitrogens is 1.